The lowest BCUT2D eigenvalue weighted by Crippen LogP contribution is -2.44. The van der Waals surface area contributed by atoms with E-state index in [0.717, 1.165) is 19.9 Å². The summed E-state index contributed by atoms with van der Waals surface area (Å²) < 4.78 is 65.5. The predicted octanol–water partition coefficient (Wildman–Crippen LogP) is 4.42. The number of aromatic nitrogens is 1. The first-order chi connectivity index (χ1) is 17.0. The molecule has 2 aliphatic carbocycles. The molecule has 1 N–H and O–H groups in total. The van der Waals surface area contributed by atoms with E-state index in [-0.39, 0.29) is 36.1 Å². The van der Waals surface area contributed by atoms with Crippen molar-refractivity contribution in [3.05, 3.63) is 58.9 Å². The van der Waals surface area contributed by atoms with Crippen LogP contribution in [0, 0.1) is 5.92 Å². The normalized spacial score (nSPS) is 22.6. The third kappa shape index (κ3) is 5.23. The third-order valence-electron chi connectivity index (χ3n) is 7.63. The molecule has 2 atom stereocenters. The van der Waals surface area contributed by atoms with Crippen LogP contribution in [0.3, 0.4) is 0 Å². The molecule has 1 aromatic carbocycles. The number of carbonyl (C=O) groups is 1. The van der Waals surface area contributed by atoms with Crippen LogP contribution >= 0.6 is 0 Å². The molecular weight excluding hydrogens is 491 g/mol. The van der Waals surface area contributed by atoms with E-state index in [9.17, 15) is 26.4 Å². The van der Waals surface area contributed by atoms with E-state index in [1.165, 1.54) is 41.8 Å². The Morgan fingerprint density at radius 1 is 1.08 bits per heavy atom. The van der Waals surface area contributed by atoms with Crippen LogP contribution in [-0.2, 0) is 27.5 Å². The van der Waals surface area contributed by atoms with Crippen molar-refractivity contribution in [3.63, 3.8) is 0 Å². The van der Waals surface area contributed by atoms with E-state index >= 15 is 0 Å². The van der Waals surface area contributed by atoms with Crippen LogP contribution < -0.4 is 5.32 Å². The molecule has 36 heavy (non-hydrogen) atoms. The predicted molar refractivity (Wildman–Crippen MR) is 130 cm³/mol. The average Bonchev–Trinajstić information content (AvgIpc) is 3.58. The van der Waals surface area contributed by atoms with Crippen LogP contribution in [0.4, 0.5) is 18.9 Å². The zero-order valence-electron chi connectivity index (χ0n) is 20.1. The second kappa shape index (κ2) is 9.36. The van der Waals surface area contributed by atoms with Gasteiger partial charge in [-0.05, 0) is 73.3 Å². The number of rotatable bonds is 6. The van der Waals surface area contributed by atoms with E-state index in [2.05, 4.69) is 28.5 Å². The number of nitrogens with zero attached hydrogens (tertiary/aromatic N) is 2. The van der Waals surface area contributed by atoms with Crippen molar-refractivity contribution >= 4 is 21.4 Å². The summed E-state index contributed by atoms with van der Waals surface area (Å²) in [5, 5.41) is 3.41. The summed E-state index contributed by atoms with van der Waals surface area (Å²) in [6.45, 7) is 0. The standard InChI is InChI=1S/C26H30F3N3O3S/c1-32(25(33)17-9-11-36(34,35)12-10-17)24(26(27,28)29)23-8-7-19(15-30-23)31-20-13-18-3-2-4-21(16-5-6-16)22(18)14-20/h2-4,7-8,15-17,20,24,31H,5-6,9-14H2,1H3. The van der Waals surface area contributed by atoms with E-state index in [1.807, 2.05) is 0 Å². The largest absolute Gasteiger partial charge is 0.414 e. The van der Waals surface area contributed by atoms with Gasteiger partial charge in [0.15, 0.2) is 6.04 Å². The van der Waals surface area contributed by atoms with Crippen molar-refractivity contribution in [2.45, 2.75) is 62.7 Å². The number of alkyl halides is 3. The maximum atomic E-state index is 14.0. The Morgan fingerprint density at radius 2 is 1.81 bits per heavy atom. The Morgan fingerprint density at radius 3 is 2.42 bits per heavy atom. The number of fused-ring (bicyclic) bond motifs is 1. The summed E-state index contributed by atoms with van der Waals surface area (Å²) in [6.07, 6.45) is 0.954. The minimum Gasteiger partial charge on any atom is -0.380 e. The molecule has 0 spiro atoms. The third-order valence-corrected chi connectivity index (χ3v) is 9.34. The topological polar surface area (TPSA) is 79.4 Å². The first-order valence-corrected chi connectivity index (χ1v) is 14.2. The van der Waals surface area contributed by atoms with E-state index in [4.69, 9.17) is 0 Å². The molecule has 2 fully saturated rings. The molecule has 10 heteroatoms. The molecule has 2 aromatic rings. The maximum absolute atomic E-state index is 14.0. The van der Waals surface area contributed by atoms with Gasteiger partial charge >= 0.3 is 6.18 Å². The van der Waals surface area contributed by atoms with Gasteiger partial charge in [0.2, 0.25) is 5.91 Å². The minimum absolute atomic E-state index is 0.0403. The number of halogens is 3. The Labute approximate surface area is 209 Å². The van der Waals surface area contributed by atoms with Crippen LogP contribution in [0.5, 0.6) is 0 Å². The molecule has 2 unspecified atom stereocenters. The number of hydrogen-bond acceptors (Lipinski definition) is 5. The molecule has 2 heterocycles. The maximum Gasteiger partial charge on any atom is 0.414 e. The Bertz CT molecular complexity index is 1230. The molecule has 5 rings (SSSR count). The lowest BCUT2D eigenvalue weighted by molar-refractivity contribution is -0.191. The molecule has 1 amide bonds. The first kappa shape index (κ1) is 25.0. The summed E-state index contributed by atoms with van der Waals surface area (Å²) in [5.74, 6) is -1.14. The van der Waals surface area contributed by atoms with Crippen LogP contribution in [-0.4, -0.2) is 55.0 Å². The lowest BCUT2D eigenvalue weighted by Gasteiger charge is -2.33. The highest BCUT2D eigenvalue weighted by atomic mass is 32.2. The summed E-state index contributed by atoms with van der Waals surface area (Å²) in [6, 6.07) is 7.30. The van der Waals surface area contributed by atoms with Gasteiger partial charge in [0.25, 0.3) is 0 Å². The number of sulfone groups is 1. The molecule has 1 saturated heterocycles. The number of nitrogens with one attached hydrogen (secondary N) is 1. The second-order valence-corrected chi connectivity index (χ2v) is 12.6. The van der Waals surface area contributed by atoms with Crippen LogP contribution in [0.2, 0.25) is 0 Å². The second-order valence-electron chi connectivity index (χ2n) is 10.3. The van der Waals surface area contributed by atoms with Gasteiger partial charge in [-0.2, -0.15) is 13.2 Å². The average molecular weight is 522 g/mol. The zero-order chi connectivity index (χ0) is 25.7. The highest BCUT2D eigenvalue weighted by Crippen LogP contribution is 2.44. The first-order valence-electron chi connectivity index (χ1n) is 12.4. The van der Waals surface area contributed by atoms with Gasteiger partial charge in [0.1, 0.15) is 9.84 Å². The highest BCUT2D eigenvalue weighted by Gasteiger charge is 2.47. The fourth-order valence-electron chi connectivity index (χ4n) is 5.58. The molecule has 3 aliphatic rings. The van der Waals surface area contributed by atoms with Gasteiger partial charge in [-0.15, -0.1) is 0 Å². The number of hydrogen-bond donors (Lipinski definition) is 1. The zero-order valence-corrected chi connectivity index (χ0v) is 20.9. The summed E-state index contributed by atoms with van der Waals surface area (Å²) in [7, 11) is -2.11. The van der Waals surface area contributed by atoms with Crippen molar-refractivity contribution in [2.75, 3.05) is 23.9 Å². The van der Waals surface area contributed by atoms with Crippen LogP contribution in [0.15, 0.2) is 36.5 Å². The highest BCUT2D eigenvalue weighted by molar-refractivity contribution is 7.91. The molecular formula is C26H30F3N3O3S. The molecule has 194 valence electrons. The van der Waals surface area contributed by atoms with Gasteiger partial charge < -0.3 is 10.2 Å². The Balaban J connectivity index is 1.27. The van der Waals surface area contributed by atoms with Crippen molar-refractivity contribution < 1.29 is 26.4 Å². The van der Waals surface area contributed by atoms with Crippen molar-refractivity contribution in [3.8, 4) is 0 Å². The van der Waals surface area contributed by atoms with Gasteiger partial charge in [-0.25, -0.2) is 8.42 Å². The smallest absolute Gasteiger partial charge is 0.380 e. The van der Waals surface area contributed by atoms with Crippen LogP contribution in [0.1, 0.15) is 60.0 Å². The molecule has 0 radical (unpaired) electrons. The van der Waals surface area contributed by atoms with E-state index in [0.29, 0.717) is 16.5 Å². The van der Waals surface area contributed by atoms with Crippen molar-refractivity contribution in [1.29, 1.82) is 0 Å². The number of benzene rings is 1. The van der Waals surface area contributed by atoms with Crippen molar-refractivity contribution in [2.24, 2.45) is 5.92 Å². The van der Waals surface area contributed by atoms with Gasteiger partial charge in [-0.3, -0.25) is 9.78 Å². The number of anilines is 1. The Kier molecular flexibility index (Phi) is 6.51. The van der Waals surface area contributed by atoms with Gasteiger partial charge in [0, 0.05) is 19.0 Å². The van der Waals surface area contributed by atoms with E-state index < -0.39 is 33.9 Å². The summed E-state index contributed by atoms with van der Waals surface area (Å²) in [4.78, 5) is 17.6. The monoisotopic (exact) mass is 521 g/mol. The molecule has 1 aliphatic heterocycles. The fraction of sp³-hybridized carbons (Fsp3) is 0.538. The Hall–Kier alpha value is -2.62. The summed E-state index contributed by atoms with van der Waals surface area (Å²) in [5.41, 5.74) is 4.53. The quantitative estimate of drug-likeness (QED) is 0.609. The van der Waals surface area contributed by atoms with Crippen LogP contribution in [0.25, 0.3) is 0 Å². The molecule has 1 saturated carbocycles. The fourth-order valence-corrected chi connectivity index (χ4v) is 7.08. The minimum atomic E-state index is -4.72. The summed E-state index contributed by atoms with van der Waals surface area (Å²) >= 11 is 0. The van der Waals surface area contributed by atoms with Gasteiger partial charge in [0.05, 0.1) is 29.1 Å². The number of amides is 1. The molecule has 0 bridgehead atoms. The number of pyridine rings is 1. The van der Waals surface area contributed by atoms with Crippen molar-refractivity contribution in [1.82, 2.24) is 9.88 Å². The SMILES string of the molecule is CN(C(=O)C1CCS(=O)(=O)CC1)C(c1ccc(NC2Cc3cccc(C4CC4)c3C2)cn1)C(F)(F)F. The number of carbonyl (C=O) groups excluding carboxylic acids is 1. The molecule has 6 nitrogen and oxygen atoms in total. The van der Waals surface area contributed by atoms with E-state index in [1.54, 1.807) is 6.07 Å². The van der Waals surface area contributed by atoms with Gasteiger partial charge in [-0.1, -0.05) is 18.2 Å². The molecule has 1 aromatic heterocycles. The lowest BCUT2D eigenvalue weighted by atomic mass is 9.99.